The molecule has 1 aliphatic rings. The summed E-state index contributed by atoms with van der Waals surface area (Å²) < 4.78 is 5.20. The van der Waals surface area contributed by atoms with Crippen molar-refractivity contribution < 1.29 is 19.4 Å². The summed E-state index contributed by atoms with van der Waals surface area (Å²) in [5.74, 6) is -1.09. The molecule has 1 aliphatic heterocycles. The highest BCUT2D eigenvalue weighted by Gasteiger charge is 2.46. The van der Waals surface area contributed by atoms with E-state index in [4.69, 9.17) is 4.74 Å². The van der Waals surface area contributed by atoms with Crippen LogP contribution in [0.3, 0.4) is 0 Å². The van der Waals surface area contributed by atoms with Gasteiger partial charge in [0, 0.05) is 13.7 Å². The predicted molar refractivity (Wildman–Crippen MR) is 62.7 cm³/mol. The molecule has 0 aliphatic carbocycles. The van der Waals surface area contributed by atoms with Crippen LogP contribution in [0.25, 0.3) is 0 Å². The van der Waals surface area contributed by atoms with Gasteiger partial charge in [0.25, 0.3) is 0 Å². The number of likely N-dealkylation sites (tertiary alicyclic amines) is 1. The van der Waals surface area contributed by atoms with Crippen LogP contribution in [0.5, 0.6) is 0 Å². The lowest BCUT2D eigenvalue weighted by Gasteiger charge is -2.33. The first-order valence-corrected chi connectivity index (χ1v) is 5.82. The van der Waals surface area contributed by atoms with Crippen molar-refractivity contribution in [2.75, 3.05) is 13.7 Å². The summed E-state index contributed by atoms with van der Waals surface area (Å²) in [7, 11) is 1.55. The number of carboxylic acid groups (broad SMARTS) is 1. The van der Waals surface area contributed by atoms with Gasteiger partial charge in [-0.15, -0.1) is 0 Å². The van der Waals surface area contributed by atoms with Crippen molar-refractivity contribution in [3.63, 3.8) is 0 Å². The Morgan fingerprint density at radius 3 is 2.53 bits per heavy atom. The molecule has 1 atom stereocenters. The first kappa shape index (κ1) is 14.0. The molecule has 1 heterocycles. The van der Waals surface area contributed by atoms with E-state index in [0.29, 0.717) is 13.0 Å². The van der Waals surface area contributed by atoms with Crippen LogP contribution in [-0.4, -0.2) is 46.7 Å². The summed E-state index contributed by atoms with van der Waals surface area (Å²) in [6.45, 7) is 5.76. The van der Waals surface area contributed by atoms with Crippen LogP contribution in [0.4, 0.5) is 0 Å². The molecule has 1 unspecified atom stereocenters. The SMILES string of the molecule is COC(C)(C)CC(=O)N1CCCC1(C)C(=O)O. The van der Waals surface area contributed by atoms with Gasteiger partial charge in [-0.3, -0.25) is 4.79 Å². The molecule has 98 valence electrons. The summed E-state index contributed by atoms with van der Waals surface area (Å²) >= 11 is 0. The molecule has 0 bridgehead atoms. The highest BCUT2D eigenvalue weighted by atomic mass is 16.5. The molecule has 5 nitrogen and oxygen atoms in total. The number of nitrogens with zero attached hydrogens (tertiary/aromatic N) is 1. The number of amides is 1. The van der Waals surface area contributed by atoms with E-state index in [0.717, 1.165) is 6.42 Å². The molecular formula is C12H21NO4. The summed E-state index contributed by atoms with van der Waals surface area (Å²) in [5, 5.41) is 9.22. The highest BCUT2D eigenvalue weighted by molar-refractivity contribution is 5.87. The van der Waals surface area contributed by atoms with E-state index in [1.54, 1.807) is 14.0 Å². The van der Waals surface area contributed by atoms with Gasteiger partial charge in [0.15, 0.2) is 0 Å². The third-order valence-corrected chi connectivity index (χ3v) is 3.53. The van der Waals surface area contributed by atoms with Crippen molar-refractivity contribution in [3.05, 3.63) is 0 Å². The molecule has 0 aromatic rings. The number of ether oxygens (including phenoxy) is 1. The summed E-state index contributed by atoms with van der Waals surface area (Å²) in [6, 6.07) is 0. The molecule has 1 rings (SSSR count). The molecular weight excluding hydrogens is 222 g/mol. The van der Waals surface area contributed by atoms with Gasteiger partial charge in [-0.05, 0) is 33.6 Å². The second-order valence-corrected chi connectivity index (χ2v) is 5.37. The van der Waals surface area contributed by atoms with E-state index in [-0.39, 0.29) is 12.3 Å². The molecule has 0 spiro atoms. The third-order valence-electron chi connectivity index (χ3n) is 3.53. The minimum absolute atomic E-state index is 0.153. The first-order valence-electron chi connectivity index (χ1n) is 5.82. The van der Waals surface area contributed by atoms with Gasteiger partial charge in [-0.2, -0.15) is 0 Å². The maximum absolute atomic E-state index is 12.1. The van der Waals surface area contributed by atoms with Crippen molar-refractivity contribution in [3.8, 4) is 0 Å². The van der Waals surface area contributed by atoms with E-state index in [2.05, 4.69) is 0 Å². The molecule has 1 N–H and O–H groups in total. The molecule has 1 saturated heterocycles. The maximum Gasteiger partial charge on any atom is 0.329 e. The van der Waals surface area contributed by atoms with Crippen molar-refractivity contribution in [2.24, 2.45) is 0 Å². The summed E-state index contributed by atoms with van der Waals surface area (Å²) in [5.41, 5.74) is -1.61. The lowest BCUT2D eigenvalue weighted by atomic mass is 9.97. The van der Waals surface area contributed by atoms with E-state index < -0.39 is 17.1 Å². The molecule has 17 heavy (non-hydrogen) atoms. The highest BCUT2D eigenvalue weighted by Crippen LogP contribution is 2.31. The predicted octanol–water partition coefficient (Wildman–Crippen LogP) is 1.27. The number of aliphatic carboxylic acids is 1. The minimum atomic E-state index is -1.05. The molecule has 0 aromatic heterocycles. The number of hydrogen-bond donors (Lipinski definition) is 1. The van der Waals surface area contributed by atoms with Crippen molar-refractivity contribution >= 4 is 11.9 Å². The van der Waals surface area contributed by atoms with Gasteiger partial charge >= 0.3 is 5.97 Å². The molecule has 1 fully saturated rings. The topological polar surface area (TPSA) is 66.8 Å². The quantitative estimate of drug-likeness (QED) is 0.807. The van der Waals surface area contributed by atoms with Crippen LogP contribution in [0.2, 0.25) is 0 Å². The fraction of sp³-hybridized carbons (Fsp3) is 0.833. The number of rotatable bonds is 4. The Bertz CT molecular complexity index is 326. The second-order valence-electron chi connectivity index (χ2n) is 5.37. The first-order chi connectivity index (χ1) is 7.73. The Morgan fingerprint density at radius 2 is 2.06 bits per heavy atom. The zero-order valence-electron chi connectivity index (χ0n) is 10.9. The average Bonchev–Trinajstić information content (AvgIpc) is 2.61. The third kappa shape index (κ3) is 2.77. The van der Waals surface area contributed by atoms with Gasteiger partial charge in [0.2, 0.25) is 5.91 Å². The summed E-state index contributed by atoms with van der Waals surface area (Å²) in [6.07, 6.45) is 1.45. The van der Waals surface area contributed by atoms with Crippen LogP contribution in [0.1, 0.15) is 40.0 Å². The fourth-order valence-electron chi connectivity index (χ4n) is 2.12. The van der Waals surface area contributed by atoms with Gasteiger partial charge < -0.3 is 14.7 Å². The van der Waals surface area contributed by atoms with Crippen LogP contribution in [-0.2, 0) is 14.3 Å². The Morgan fingerprint density at radius 1 is 1.47 bits per heavy atom. The summed E-state index contributed by atoms with van der Waals surface area (Å²) in [4.78, 5) is 24.8. The number of carbonyl (C=O) groups excluding carboxylic acids is 1. The Hall–Kier alpha value is -1.10. The molecule has 0 aromatic carbocycles. The lowest BCUT2D eigenvalue weighted by molar-refractivity contribution is -0.157. The van der Waals surface area contributed by atoms with Gasteiger partial charge in [-0.1, -0.05) is 0 Å². The van der Waals surface area contributed by atoms with Crippen molar-refractivity contribution in [1.29, 1.82) is 0 Å². The Kier molecular flexibility index (Phi) is 3.81. The van der Waals surface area contributed by atoms with Gasteiger partial charge in [-0.25, -0.2) is 4.79 Å². The Balaban J connectivity index is 2.79. The number of hydrogen-bond acceptors (Lipinski definition) is 3. The van der Waals surface area contributed by atoms with Crippen LogP contribution >= 0.6 is 0 Å². The molecule has 0 radical (unpaired) electrons. The fourth-order valence-corrected chi connectivity index (χ4v) is 2.12. The van der Waals surface area contributed by atoms with E-state index in [1.165, 1.54) is 4.90 Å². The standard InChI is InChI=1S/C12H21NO4/c1-11(2,17-4)8-9(14)13-7-5-6-12(13,3)10(15)16/h5-8H2,1-4H3,(H,15,16). The normalized spacial score (nSPS) is 25.1. The number of methoxy groups -OCH3 is 1. The van der Waals surface area contributed by atoms with Crippen molar-refractivity contribution in [1.82, 2.24) is 4.90 Å². The van der Waals surface area contributed by atoms with Crippen molar-refractivity contribution in [2.45, 2.75) is 51.2 Å². The lowest BCUT2D eigenvalue weighted by Crippen LogP contribution is -2.52. The van der Waals surface area contributed by atoms with Gasteiger partial charge in [0.05, 0.1) is 12.0 Å². The monoisotopic (exact) mass is 243 g/mol. The van der Waals surface area contributed by atoms with Crippen LogP contribution < -0.4 is 0 Å². The van der Waals surface area contributed by atoms with E-state index in [9.17, 15) is 14.7 Å². The van der Waals surface area contributed by atoms with Crippen LogP contribution in [0.15, 0.2) is 0 Å². The molecule has 5 heteroatoms. The van der Waals surface area contributed by atoms with Crippen LogP contribution in [0, 0.1) is 0 Å². The zero-order chi connectivity index (χ0) is 13.3. The van der Waals surface area contributed by atoms with Gasteiger partial charge in [0.1, 0.15) is 5.54 Å². The number of carboxylic acids is 1. The average molecular weight is 243 g/mol. The zero-order valence-corrected chi connectivity index (χ0v) is 10.9. The molecule has 0 saturated carbocycles. The largest absolute Gasteiger partial charge is 0.480 e. The second kappa shape index (κ2) is 4.64. The number of carbonyl (C=O) groups is 2. The maximum atomic E-state index is 12.1. The molecule has 1 amide bonds. The minimum Gasteiger partial charge on any atom is -0.480 e. The smallest absolute Gasteiger partial charge is 0.329 e. The Labute approximate surface area is 102 Å². The van der Waals surface area contributed by atoms with E-state index >= 15 is 0 Å². The van der Waals surface area contributed by atoms with E-state index in [1.807, 2.05) is 13.8 Å².